The molecule has 0 aliphatic carbocycles. The van der Waals surface area contributed by atoms with Crippen LogP contribution in [0.1, 0.15) is 45.6 Å². The van der Waals surface area contributed by atoms with Crippen LogP contribution in [-0.2, 0) is 6.54 Å². The summed E-state index contributed by atoms with van der Waals surface area (Å²) in [6, 6.07) is 2.03. The van der Waals surface area contributed by atoms with Gasteiger partial charge in [0.1, 0.15) is 5.75 Å². The normalized spacial score (nSPS) is 10.9. The van der Waals surface area contributed by atoms with Gasteiger partial charge >= 0.3 is 0 Å². The number of rotatable bonds is 9. The molecule has 0 radical (unpaired) electrons. The highest BCUT2D eigenvalue weighted by Crippen LogP contribution is 2.17. The van der Waals surface area contributed by atoms with Gasteiger partial charge in [0.25, 0.3) is 0 Å². The molecule has 0 aromatic carbocycles. The lowest BCUT2D eigenvalue weighted by Crippen LogP contribution is -2.15. The first-order chi connectivity index (χ1) is 8.74. The third kappa shape index (κ3) is 6.01. The molecule has 1 aromatic rings. The van der Waals surface area contributed by atoms with Crippen LogP contribution in [0.5, 0.6) is 5.75 Å². The minimum atomic E-state index is 0.744. The summed E-state index contributed by atoms with van der Waals surface area (Å²) in [5.74, 6) is 1.66. The van der Waals surface area contributed by atoms with E-state index in [4.69, 9.17) is 4.74 Å². The first-order valence-corrected chi connectivity index (χ1v) is 7.00. The smallest absolute Gasteiger partial charge is 0.142 e. The summed E-state index contributed by atoms with van der Waals surface area (Å²) in [4.78, 5) is 4.13. The summed E-state index contributed by atoms with van der Waals surface area (Å²) in [6.07, 6.45) is 7.11. The molecule has 0 unspecified atom stereocenters. The first kappa shape index (κ1) is 15.0. The third-order valence-electron chi connectivity index (χ3n) is 2.80. The van der Waals surface area contributed by atoms with Gasteiger partial charge in [-0.25, -0.2) is 0 Å². The number of nitrogens with zero attached hydrogens (tertiary/aromatic N) is 1. The second-order valence-electron chi connectivity index (χ2n) is 5.04. The molecule has 1 aromatic heterocycles. The first-order valence-electron chi connectivity index (χ1n) is 7.00. The zero-order valence-corrected chi connectivity index (χ0v) is 11.9. The molecule has 3 nitrogen and oxygen atoms in total. The van der Waals surface area contributed by atoms with Gasteiger partial charge in [0.2, 0.25) is 0 Å². The lowest BCUT2D eigenvalue weighted by Gasteiger charge is -2.12. The molecule has 0 spiro atoms. The zero-order chi connectivity index (χ0) is 13.2. The molecule has 0 fully saturated rings. The molecule has 0 bridgehead atoms. The predicted molar refractivity (Wildman–Crippen MR) is 75.8 cm³/mol. The van der Waals surface area contributed by atoms with E-state index in [0.717, 1.165) is 44.2 Å². The van der Waals surface area contributed by atoms with Crippen molar-refractivity contribution < 1.29 is 4.74 Å². The van der Waals surface area contributed by atoms with E-state index in [1.165, 1.54) is 12.0 Å². The summed E-state index contributed by atoms with van der Waals surface area (Å²) >= 11 is 0. The van der Waals surface area contributed by atoms with Gasteiger partial charge < -0.3 is 10.1 Å². The molecule has 0 saturated carbocycles. The highest BCUT2D eigenvalue weighted by molar-refractivity contribution is 5.29. The zero-order valence-electron chi connectivity index (χ0n) is 11.9. The van der Waals surface area contributed by atoms with E-state index < -0.39 is 0 Å². The topological polar surface area (TPSA) is 34.2 Å². The highest BCUT2D eigenvalue weighted by atomic mass is 16.5. The van der Waals surface area contributed by atoms with Crippen molar-refractivity contribution in [1.29, 1.82) is 0 Å². The average Bonchev–Trinajstić information content (AvgIpc) is 2.36. The van der Waals surface area contributed by atoms with Crippen molar-refractivity contribution in [2.75, 3.05) is 13.2 Å². The minimum absolute atomic E-state index is 0.744. The lowest BCUT2D eigenvalue weighted by molar-refractivity contribution is 0.293. The number of hydrogen-bond donors (Lipinski definition) is 1. The fourth-order valence-electron chi connectivity index (χ4n) is 1.76. The summed E-state index contributed by atoms with van der Waals surface area (Å²) in [7, 11) is 0. The van der Waals surface area contributed by atoms with E-state index in [1.807, 2.05) is 18.5 Å². The molecule has 0 aliphatic rings. The summed E-state index contributed by atoms with van der Waals surface area (Å²) in [5.41, 5.74) is 1.20. The fourth-order valence-corrected chi connectivity index (χ4v) is 1.76. The Morgan fingerprint density at radius 2 is 2.22 bits per heavy atom. The molecule has 0 amide bonds. The fraction of sp³-hybridized carbons (Fsp3) is 0.667. The van der Waals surface area contributed by atoms with Crippen LogP contribution < -0.4 is 10.1 Å². The molecule has 18 heavy (non-hydrogen) atoms. The quantitative estimate of drug-likeness (QED) is 0.682. The number of hydrogen-bond acceptors (Lipinski definition) is 3. The second kappa shape index (κ2) is 8.92. The molecule has 0 atom stereocenters. The maximum absolute atomic E-state index is 5.82. The Morgan fingerprint density at radius 3 is 2.94 bits per heavy atom. The molecule has 3 heteroatoms. The van der Waals surface area contributed by atoms with Crippen molar-refractivity contribution >= 4 is 0 Å². The van der Waals surface area contributed by atoms with Crippen LogP contribution in [-0.4, -0.2) is 18.1 Å². The van der Waals surface area contributed by atoms with Crippen molar-refractivity contribution in [2.45, 2.75) is 46.6 Å². The predicted octanol–water partition coefficient (Wildman–Crippen LogP) is 3.40. The van der Waals surface area contributed by atoms with Gasteiger partial charge in [-0.3, -0.25) is 4.98 Å². The van der Waals surface area contributed by atoms with Crippen molar-refractivity contribution in [2.24, 2.45) is 5.92 Å². The Bertz CT molecular complexity index is 326. The van der Waals surface area contributed by atoms with Crippen LogP contribution in [0.3, 0.4) is 0 Å². The van der Waals surface area contributed by atoms with E-state index in [0.29, 0.717) is 0 Å². The maximum atomic E-state index is 5.82. The Balaban J connectivity index is 2.38. The summed E-state index contributed by atoms with van der Waals surface area (Å²) in [6.45, 7) is 9.33. The number of ether oxygens (including phenoxy) is 1. The van der Waals surface area contributed by atoms with E-state index in [-0.39, 0.29) is 0 Å². The largest absolute Gasteiger partial charge is 0.492 e. The van der Waals surface area contributed by atoms with Crippen molar-refractivity contribution in [3.63, 3.8) is 0 Å². The highest BCUT2D eigenvalue weighted by Gasteiger charge is 2.03. The van der Waals surface area contributed by atoms with Gasteiger partial charge in [0.15, 0.2) is 0 Å². The molecular formula is C15H26N2O. The molecular weight excluding hydrogens is 224 g/mol. The average molecular weight is 250 g/mol. The van der Waals surface area contributed by atoms with Crippen molar-refractivity contribution in [1.82, 2.24) is 10.3 Å². The second-order valence-corrected chi connectivity index (χ2v) is 5.04. The summed E-state index contributed by atoms with van der Waals surface area (Å²) < 4.78 is 5.82. The molecule has 0 aliphatic heterocycles. The van der Waals surface area contributed by atoms with Gasteiger partial charge in [-0.15, -0.1) is 0 Å². The Kier molecular flexibility index (Phi) is 7.42. The van der Waals surface area contributed by atoms with Crippen molar-refractivity contribution in [3.8, 4) is 5.75 Å². The SMILES string of the molecule is CCCNCc1ccncc1OCCCC(C)C. The van der Waals surface area contributed by atoms with Crippen LogP contribution >= 0.6 is 0 Å². The molecule has 0 saturated heterocycles. The van der Waals surface area contributed by atoms with Gasteiger partial charge in [0, 0.05) is 18.3 Å². The van der Waals surface area contributed by atoms with Crippen LogP contribution in [0.15, 0.2) is 18.5 Å². The van der Waals surface area contributed by atoms with Crippen molar-refractivity contribution in [3.05, 3.63) is 24.0 Å². The summed E-state index contributed by atoms with van der Waals surface area (Å²) in [5, 5.41) is 3.39. The number of aromatic nitrogens is 1. The van der Waals surface area contributed by atoms with Gasteiger partial charge in [-0.05, 0) is 37.8 Å². The number of pyridine rings is 1. The van der Waals surface area contributed by atoms with E-state index in [9.17, 15) is 0 Å². The van der Waals surface area contributed by atoms with E-state index >= 15 is 0 Å². The number of nitrogens with one attached hydrogen (secondary N) is 1. The van der Waals surface area contributed by atoms with E-state index in [1.54, 1.807) is 0 Å². The lowest BCUT2D eigenvalue weighted by atomic mass is 10.1. The van der Waals surface area contributed by atoms with Gasteiger partial charge in [-0.2, -0.15) is 0 Å². The standard InChI is InChI=1S/C15H26N2O/c1-4-8-16-11-14-7-9-17-12-15(14)18-10-5-6-13(2)3/h7,9,12-13,16H,4-6,8,10-11H2,1-3H3. The monoisotopic (exact) mass is 250 g/mol. The van der Waals surface area contributed by atoms with Crippen LogP contribution in [0.2, 0.25) is 0 Å². The Morgan fingerprint density at radius 1 is 1.39 bits per heavy atom. The Labute approximate surface area is 111 Å². The minimum Gasteiger partial charge on any atom is -0.492 e. The van der Waals surface area contributed by atoms with E-state index in [2.05, 4.69) is 31.1 Å². The molecule has 1 rings (SSSR count). The van der Waals surface area contributed by atoms with Crippen LogP contribution in [0, 0.1) is 5.92 Å². The third-order valence-corrected chi connectivity index (χ3v) is 2.80. The van der Waals surface area contributed by atoms with Gasteiger partial charge in [-0.1, -0.05) is 20.8 Å². The van der Waals surface area contributed by atoms with Crippen LogP contribution in [0.4, 0.5) is 0 Å². The van der Waals surface area contributed by atoms with Crippen LogP contribution in [0.25, 0.3) is 0 Å². The maximum Gasteiger partial charge on any atom is 0.142 e. The Hall–Kier alpha value is -1.09. The molecule has 102 valence electrons. The molecule has 1 heterocycles. The van der Waals surface area contributed by atoms with Gasteiger partial charge in [0.05, 0.1) is 12.8 Å². The molecule has 1 N–H and O–H groups in total.